The largest absolute Gasteiger partial charge is 0.492 e. The Kier molecular flexibility index (Phi) is 5.90. The molecule has 2 N–H and O–H groups in total. The lowest BCUT2D eigenvalue weighted by Gasteiger charge is -2.24. The van der Waals surface area contributed by atoms with Crippen molar-refractivity contribution < 1.29 is 22.9 Å². The van der Waals surface area contributed by atoms with E-state index in [1.165, 1.54) is 18.2 Å². The molecular weight excluding hydrogens is 386 g/mol. The molecule has 0 saturated heterocycles. The Morgan fingerprint density at radius 3 is 2.75 bits per heavy atom. The molecule has 148 valence electrons. The zero-order valence-electron chi connectivity index (χ0n) is 14.8. The fourth-order valence-corrected chi connectivity index (χ4v) is 3.93. The number of nitrogens with one attached hydrogen (secondary N) is 2. The zero-order valence-corrected chi connectivity index (χ0v) is 15.6. The molecule has 0 aromatic heterocycles. The van der Waals surface area contributed by atoms with Crippen molar-refractivity contribution in [3.8, 4) is 5.75 Å². The molecule has 0 fully saturated rings. The van der Waals surface area contributed by atoms with E-state index in [9.17, 15) is 23.3 Å². The molecule has 9 nitrogen and oxygen atoms in total. The molecule has 0 spiro atoms. The van der Waals surface area contributed by atoms with E-state index in [-0.39, 0.29) is 42.1 Å². The van der Waals surface area contributed by atoms with Crippen LogP contribution in [0, 0.1) is 16.0 Å². The van der Waals surface area contributed by atoms with Crippen LogP contribution in [0.4, 0.5) is 5.69 Å². The summed E-state index contributed by atoms with van der Waals surface area (Å²) in [5, 5.41) is 13.5. The average Bonchev–Trinajstić information content (AvgIpc) is 2.70. The van der Waals surface area contributed by atoms with Gasteiger partial charge >= 0.3 is 0 Å². The second-order valence-electron chi connectivity index (χ2n) is 6.26. The standard InChI is InChI=1S/C18H19N3O6S/c22-18(14-10-13-4-1-2-7-17(13)27-12-14)19-8-9-20-28(25,26)16-6-3-5-15(11-16)21(23)24/h1-7,11,14,20H,8-10,12H2,(H,19,22). The van der Waals surface area contributed by atoms with Crippen molar-refractivity contribution in [2.45, 2.75) is 11.3 Å². The van der Waals surface area contributed by atoms with E-state index in [0.29, 0.717) is 6.42 Å². The third kappa shape index (κ3) is 4.65. The average molecular weight is 405 g/mol. The Morgan fingerprint density at radius 1 is 1.18 bits per heavy atom. The third-order valence-corrected chi connectivity index (χ3v) is 5.76. The van der Waals surface area contributed by atoms with Crippen LogP contribution in [0.25, 0.3) is 0 Å². The molecule has 28 heavy (non-hydrogen) atoms. The molecule has 0 bridgehead atoms. The second kappa shape index (κ2) is 8.36. The van der Waals surface area contributed by atoms with E-state index < -0.39 is 14.9 Å². The molecule has 0 radical (unpaired) electrons. The molecule has 2 aromatic rings. The molecular formula is C18H19N3O6S. The number of nitrogens with zero attached hydrogens (tertiary/aromatic N) is 1. The van der Waals surface area contributed by atoms with E-state index in [1.807, 2.05) is 24.3 Å². The first-order valence-electron chi connectivity index (χ1n) is 8.59. The van der Waals surface area contributed by atoms with Crippen LogP contribution < -0.4 is 14.8 Å². The summed E-state index contributed by atoms with van der Waals surface area (Å²) in [6, 6.07) is 12.3. The Morgan fingerprint density at radius 2 is 1.96 bits per heavy atom. The Hall–Kier alpha value is -2.98. The summed E-state index contributed by atoms with van der Waals surface area (Å²) in [5.74, 6) is 0.212. The number of amides is 1. The molecule has 1 aliphatic heterocycles. The van der Waals surface area contributed by atoms with Crippen molar-refractivity contribution in [3.05, 3.63) is 64.2 Å². The minimum atomic E-state index is -3.91. The normalized spacial score (nSPS) is 15.9. The van der Waals surface area contributed by atoms with Crippen LogP contribution in [0.3, 0.4) is 0 Å². The van der Waals surface area contributed by atoms with Gasteiger partial charge in [-0.25, -0.2) is 13.1 Å². The number of hydrogen-bond donors (Lipinski definition) is 2. The minimum Gasteiger partial charge on any atom is -0.492 e. The van der Waals surface area contributed by atoms with Crippen LogP contribution in [0.2, 0.25) is 0 Å². The molecule has 10 heteroatoms. The second-order valence-corrected chi connectivity index (χ2v) is 8.03. The van der Waals surface area contributed by atoms with Gasteiger partial charge in [0, 0.05) is 25.2 Å². The van der Waals surface area contributed by atoms with Gasteiger partial charge in [-0.15, -0.1) is 0 Å². The number of benzene rings is 2. The van der Waals surface area contributed by atoms with Gasteiger partial charge in [-0.05, 0) is 24.1 Å². The van der Waals surface area contributed by atoms with Gasteiger partial charge < -0.3 is 10.1 Å². The lowest BCUT2D eigenvalue weighted by atomic mass is 9.96. The summed E-state index contributed by atoms with van der Waals surface area (Å²) in [4.78, 5) is 22.2. The monoisotopic (exact) mass is 405 g/mol. The number of para-hydroxylation sites is 1. The lowest BCUT2D eigenvalue weighted by molar-refractivity contribution is -0.385. The van der Waals surface area contributed by atoms with Crippen molar-refractivity contribution in [1.29, 1.82) is 0 Å². The summed E-state index contributed by atoms with van der Waals surface area (Å²) >= 11 is 0. The molecule has 1 aliphatic rings. The van der Waals surface area contributed by atoms with Crippen LogP contribution in [-0.2, 0) is 21.2 Å². The van der Waals surface area contributed by atoms with E-state index >= 15 is 0 Å². The number of nitro benzene ring substituents is 1. The first-order valence-corrected chi connectivity index (χ1v) is 10.1. The van der Waals surface area contributed by atoms with E-state index in [4.69, 9.17) is 4.74 Å². The van der Waals surface area contributed by atoms with Crippen LogP contribution >= 0.6 is 0 Å². The van der Waals surface area contributed by atoms with Crippen LogP contribution in [0.15, 0.2) is 53.4 Å². The first kappa shape index (κ1) is 19.8. The molecule has 0 aliphatic carbocycles. The molecule has 1 heterocycles. The van der Waals surface area contributed by atoms with Crippen molar-refractivity contribution in [1.82, 2.24) is 10.0 Å². The fourth-order valence-electron chi connectivity index (χ4n) is 2.86. The van der Waals surface area contributed by atoms with Crippen molar-refractivity contribution >= 4 is 21.6 Å². The maximum absolute atomic E-state index is 12.3. The highest BCUT2D eigenvalue weighted by Gasteiger charge is 2.25. The highest BCUT2D eigenvalue weighted by molar-refractivity contribution is 7.89. The predicted molar refractivity (Wildman–Crippen MR) is 100 cm³/mol. The van der Waals surface area contributed by atoms with Gasteiger partial charge in [0.15, 0.2) is 0 Å². The highest BCUT2D eigenvalue weighted by atomic mass is 32.2. The summed E-state index contributed by atoms with van der Waals surface area (Å²) in [5.41, 5.74) is 0.647. The SMILES string of the molecule is O=C(NCCNS(=O)(=O)c1cccc([N+](=O)[O-])c1)C1COc2ccccc2C1. The summed E-state index contributed by atoms with van der Waals surface area (Å²) in [6.07, 6.45) is 0.557. The van der Waals surface area contributed by atoms with Gasteiger partial charge in [0.2, 0.25) is 15.9 Å². The van der Waals surface area contributed by atoms with Gasteiger partial charge in [-0.3, -0.25) is 14.9 Å². The van der Waals surface area contributed by atoms with Crippen LogP contribution in [0.1, 0.15) is 5.56 Å². The van der Waals surface area contributed by atoms with Crippen molar-refractivity contribution in [2.75, 3.05) is 19.7 Å². The van der Waals surface area contributed by atoms with Crippen LogP contribution in [0.5, 0.6) is 5.75 Å². The summed E-state index contributed by atoms with van der Waals surface area (Å²) in [6.45, 7) is 0.314. The number of carbonyl (C=O) groups excluding carboxylic acids is 1. The Bertz CT molecular complexity index is 992. The van der Waals surface area contributed by atoms with Gasteiger partial charge in [-0.1, -0.05) is 24.3 Å². The number of ether oxygens (including phenoxy) is 1. The molecule has 2 aromatic carbocycles. The third-order valence-electron chi connectivity index (χ3n) is 4.30. The molecule has 1 atom stereocenters. The first-order chi connectivity index (χ1) is 13.4. The number of nitro groups is 1. The van der Waals surface area contributed by atoms with Gasteiger partial charge in [0.25, 0.3) is 5.69 Å². The number of non-ortho nitro benzene ring substituents is 1. The Balaban J connectivity index is 1.49. The summed E-state index contributed by atoms with van der Waals surface area (Å²) in [7, 11) is -3.91. The minimum absolute atomic E-state index is 0.0407. The van der Waals surface area contributed by atoms with E-state index in [2.05, 4.69) is 10.0 Å². The molecule has 3 rings (SSSR count). The number of carbonyl (C=O) groups is 1. The van der Waals surface area contributed by atoms with Gasteiger partial charge in [0.05, 0.1) is 15.7 Å². The summed E-state index contributed by atoms with van der Waals surface area (Å²) < 4.78 is 32.3. The van der Waals surface area contributed by atoms with Crippen molar-refractivity contribution in [2.24, 2.45) is 5.92 Å². The highest BCUT2D eigenvalue weighted by Crippen LogP contribution is 2.26. The molecule has 1 amide bonds. The fraction of sp³-hybridized carbons (Fsp3) is 0.278. The number of rotatable bonds is 7. The van der Waals surface area contributed by atoms with Crippen LogP contribution in [-0.4, -0.2) is 38.9 Å². The van der Waals surface area contributed by atoms with Gasteiger partial charge in [-0.2, -0.15) is 0 Å². The predicted octanol–water partition coefficient (Wildman–Crippen LogP) is 1.24. The van der Waals surface area contributed by atoms with E-state index in [0.717, 1.165) is 17.4 Å². The number of sulfonamides is 1. The lowest BCUT2D eigenvalue weighted by Crippen LogP contribution is -2.41. The maximum Gasteiger partial charge on any atom is 0.270 e. The van der Waals surface area contributed by atoms with E-state index in [1.54, 1.807) is 0 Å². The van der Waals surface area contributed by atoms with Gasteiger partial charge in [0.1, 0.15) is 12.4 Å². The maximum atomic E-state index is 12.3. The molecule has 1 unspecified atom stereocenters. The number of fused-ring (bicyclic) bond motifs is 1. The number of hydrogen-bond acceptors (Lipinski definition) is 6. The zero-order chi connectivity index (χ0) is 20.1. The quantitative estimate of drug-likeness (QED) is 0.405. The Labute approximate surface area is 161 Å². The molecule has 0 saturated carbocycles. The topological polar surface area (TPSA) is 128 Å². The van der Waals surface area contributed by atoms with Crippen molar-refractivity contribution in [3.63, 3.8) is 0 Å². The smallest absolute Gasteiger partial charge is 0.270 e.